The molecule has 3 rings (SSSR count). The zero-order valence-corrected chi connectivity index (χ0v) is 13.3. The van der Waals surface area contributed by atoms with Gasteiger partial charge in [0.2, 0.25) is 11.8 Å². The molecule has 6 heteroatoms. The van der Waals surface area contributed by atoms with Gasteiger partial charge in [0, 0.05) is 56.7 Å². The van der Waals surface area contributed by atoms with Crippen molar-refractivity contribution in [3.8, 4) is 0 Å². The van der Waals surface area contributed by atoms with Crippen molar-refractivity contribution in [2.24, 2.45) is 11.7 Å². The number of amides is 2. The topological polar surface area (TPSA) is 82.4 Å². The van der Waals surface area contributed by atoms with Crippen LogP contribution in [0.3, 0.4) is 0 Å². The van der Waals surface area contributed by atoms with Gasteiger partial charge in [-0.15, -0.1) is 0 Å². The summed E-state index contributed by atoms with van der Waals surface area (Å²) in [6.45, 7) is 4.64. The van der Waals surface area contributed by atoms with Crippen molar-refractivity contribution in [2.75, 3.05) is 26.2 Å². The van der Waals surface area contributed by atoms with Crippen molar-refractivity contribution >= 4 is 22.7 Å². The Balaban J connectivity index is 1.80. The molecule has 0 aliphatic carbocycles. The summed E-state index contributed by atoms with van der Waals surface area (Å²) in [5, 5.41) is 1.19. The Morgan fingerprint density at radius 1 is 1.26 bits per heavy atom. The van der Waals surface area contributed by atoms with E-state index in [4.69, 9.17) is 5.73 Å². The number of fused-ring (bicyclic) bond motifs is 1. The lowest BCUT2D eigenvalue weighted by atomic mass is 10.1. The molecule has 0 radical (unpaired) electrons. The zero-order valence-electron chi connectivity index (χ0n) is 13.3. The summed E-state index contributed by atoms with van der Waals surface area (Å²) in [6.07, 6.45) is 1.93. The van der Waals surface area contributed by atoms with Crippen molar-refractivity contribution in [1.82, 2.24) is 14.8 Å². The van der Waals surface area contributed by atoms with Crippen molar-refractivity contribution in [2.45, 2.75) is 13.5 Å². The standard InChI is InChI=1S/C17H22N4O2/c1-12(22)21-8-7-20(10-14(11-21)17(18)23)9-13-3-2-4-16-15(13)5-6-19-16/h2-6,14,19H,7-11H2,1H3,(H2,18,23). The fourth-order valence-corrected chi connectivity index (χ4v) is 3.22. The minimum Gasteiger partial charge on any atom is -0.369 e. The molecule has 2 heterocycles. The van der Waals surface area contributed by atoms with Crippen LogP contribution in [-0.2, 0) is 16.1 Å². The van der Waals surface area contributed by atoms with E-state index in [1.54, 1.807) is 4.90 Å². The van der Waals surface area contributed by atoms with Crippen LogP contribution in [-0.4, -0.2) is 52.8 Å². The number of nitrogens with one attached hydrogen (secondary N) is 1. The maximum absolute atomic E-state index is 11.7. The summed E-state index contributed by atoms with van der Waals surface area (Å²) in [6, 6.07) is 8.24. The molecule has 0 bridgehead atoms. The number of benzene rings is 1. The van der Waals surface area contributed by atoms with Gasteiger partial charge in [0.15, 0.2) is 0 Å². The number of hydrogen-bond donors (Lipinski definition) is 2. The van der Waals surface area contributed by atoms with Crippen LogP contribution in [0.4, 0.5) is 0 Å². The Kier molecular flexibility index (Phi) is 4.34. The molecule has 1 aromatic heterocycles. The maximum atomic E-state index is 11.7. The van der Waals surface area contributed by atoms with Gasteiger partial charge in [-0.3, -0.25) is 14.5 Å². The van der Waals surface area contributed by atoms with E-state index in [1.807, 2.05) is 18.3 Å². The quantitative estimate of drug-likeness (QED) is 0.884. The second-order valence-electron chi connectivity index (χ2n) is 6.16. The minimum atomic E-state index is -0.344. The van der Waals surface area contributed by atoms with Gasteiger partial charge < -0.3 is 15.6 Å². The highest BCUT2D eigenvalue weighted by Crippen LogP contribution is 2.20. The summed E-state index contributed by atoms with van der Waals surface area (Å²) in [5.41, 5.74) is 7.84. The highest BCUT2D eigenvalue weighted by Gasteiger charge is 2.27. The number of nitrogens with two attached hydrogens (primary N) is 1. The smallest absolute Gasteiger partial charge is 0.223 e. The van der Waals surface area contributed by atoms with Crippen LogP contribution in [0, 0.1) is 5.92 Å². The minimum absolute atomic E-state index is 0.00849. The van der Waals surface area contributed by atoms with Crippen LogP contribution >= 0.6 is 0 Å². The van der Waals surface area contributed by atoms with Crippen LogP contribution < -0.4 is 5.73 Å². The molecular formula is C17H22N4O2. The molecular weight excluding hydrogens is 292 g/mol. The van der Waals surface area contributed by atoms with Crippen molar-refractivity contribution in [1.29, 1.82) is 0 Å². The SMILES string of the molecule is CC(=O)N1CCN(Cc2cccc3[nH]ccc23)CC(C(N)=O)C1. The largest absolute Gasteiger partial charge is 0.369 e. The van der Waals surface area contributed by atoms with Crippen molar-refractivity contribution in [3.63, 3.8) is 0 Å². The second kappa shape index (κ2) is 6.42. The van der Waals surface area contributed by atoms with Crippen molar-refractivity contribution in [3.05, 3.63) is 36.0 Å². The number of carbonyl (C=O) groups is 2. The maximum Gasteiger partial charge on any atom is 0.223 e. The average Bonchev–Trinajstić information content (AvgIpc) is 2.88. The Bertz CT molecular complexity index is 724. The molecule has 1 aliphatic rings. The van der Waals surface area contributed by atoms with Crippen molar-refractivity contribution < 1.29 is 9.59 Å². The number of carbonyl (C=O) groups excluding carboxylic acids is 2. The van der Waals surface area contributed by atoms with Crippen LogP contribution in [0.15, 0.2) is 30.5 Å². The number of primary amides is 1. The number of aromatic amines is 1. The van der Waals surface area contributed by atoms with Gasteiger partial charge in [-0.25, -0.2) is 0 Å². The lowest BCUT2D eigenvalue weighted by molar-refractivity contribution is -0.130. The van der Waals surface area contributed by atoms with Gasteiger partial charge in [-0.05, 0) is 17.7 Å². The summed E-state index contributed by atoms with van der Waals surface area (Å²) in [5.74, 6) is -0.680. The molecule has 6 nitrogen and oxygen atoms in total. The lowest BCUT2D eigenvalue weighted by Gasteiger charge is -2.22. The van der Waals surface area contributed by atoms with Crippen LogP contribution in [0.5, 0.6) is 0 Å². The van der Waals surface area contributed by atoms with E-state index in [0.717, 1.165) is 18.6 Å². The Morgan fingerprint density at radius 3 is 2.83 bits per heavy atom. The third kappa shape index (κ3) is 3.37. The van der Waals surface area contributed by atoms with E-state index >= 15 is 0 Å². The number of nitrogens with zero attached hydrogens (tertiary/aromatic N) is 2. The van der Waals surface area contributed by atoms with Gasteiger partial charge >= 0.3 is 0 Å². The summed E-state index contributed by atoms with van der Waals surface area (Å²) >= 11 is 0. The van der Waals surface area contributed by atoms with Gasteiger partial charge in [0.25, 0.3) is 0 Å². The third-order valence-electron chi connectivity index (χ3n) is 4.53. The Hall–Kier alpha value is -2.34. The molecule has 23 heavy (non-hydrogen) atoms. The van der Waals surface area contributed by atoms with Crippen LogP contribution in [0.2, 0.25) is 0 Å². The molecule has 1 aliphatic heterocycles. The first-order chi connectivity index (χ1) is 11.0. The third-order valence-corrected chi connectivity index (χ3v) is 4.53. The fourth-order valence-electron chi connectivity index (χ4n) is 3.22. The molecule has 3 N–H and O–H groups in total. The van der Waals surface area contributed by atoms with Gasteiger partial charge in [0.05, 0.1) is 5.92 Å². The summed E-state index contributed by atoms with van der Waals surface area (Å²) in [7, 11) is 0. The van der Waals surface area contributed by atoms with E-state index < -0.39 is 0 Å². The summed E-state index contributed by atoms with van der Waals surface area (Å²) < 4.78 is 0. The predicted molar refractivity (Wildman–Crippen MR) is 88.5 cm³/mol. The monoisotopic (exact) mass is 314 g/mol. The number of rotatable bonds is 3. The number of aromatic nitrogens is 1. The molecule has 1 aromatic carbocycles. The Morgan fingerprint density at radius 2 is 2.09 bits per heavy atom. The fraction of sp³-hybridized carbons (Fsp3) is 0.412. The second-order valence-corrected chi connectivity index (χ2v) is 6.16. The first-order valence-electron chi connectivity index (χ1n) is 7.87. The zero-order chi connectivity index (χ0) is 16.4. The molecule has 0 spiro atoms. The summed E-state index contributed by atoms with van der Waals surface area (Å²) in [4.78, 5) is 30.5. The van der Waals surface area contributed by atoms with E-state index in [1.165, 1.54) is 17.9 Å². The molecule has 0 saturated carbocycles. The molecule has 2 aromatic rings. The van der Waals surface area contributed by atoms with E-state index in [9.17, 15) is 9.59 Å². The molecule has 1 unspecified atom stereocenters. The van der Waals surface area contributed by atoms with Gasteiger partial charge in [-0.1, -0.05) is 12.1 Å². The molecule has 122 valence electrons. The average molecular weight is 314 g/mol. The molecule has 2 amide bonds. The van der Waals surface area contributed by atoms with E-state index in [-0.39, 0.29) is 17.7 Å². The highest BCUT2D eigenvalue weighted by atomic mass is 16.2. The predicted octanol–water partition coefficient (Wildman–Crippen LogP) is 0.933. The highest BCUT2D eigenvalue weighted by molar-refractivity contribution is 5.83. The van der Waals surface area contributed by atoms with E-state index in [2.05, 4.69) is 22.0 Å². The molecule has 1 fully saturated rings. The normalized spacial score (nSPS) is 19.7. The van der Waals surface area contributed by atoms with E-state index in [0.29, 0.717) is 19.6 Å². The first kappa shape index (κ1) is 15.6. The van der Waals surface area contributed by atoms with Gasteiger partial charge in [0.1, 0.15) is 0 Å². The Labute approximate surface area is 135 Å². The lowest BCUT2D eigenvalue weighted by Crippen LogP contribution is -2.39. The number of H-pyrrole nitrogens is 1. The molecule has 1 saturated heterocycles. The van der Waals surface area contributed by atoms with Crippen LogP contribution in [0.25, 0.3) is 10.9 Å². The number of hydrogen-bond acceptors (Lipinski definition) is 3. The van der Waals surface area contributed by atoms with Crippen LogP contribution in [0.1, 0.15) is 12.5 Å². The molecule has 1 atom stereocenters. The first-order valence-corrected chi connectivity index (χ1v) is 7.87. The van der Waals surface area contributed by atoms with Gasteiger partial charge in [-0.2, -0.15) is 0 Å².